The number of anilines is 2. The molecule has 0 aliphatic rings. The summed E-state index contributed by atoms with van der Waals surface area (Å²) in [5.41, 5.74) is 6.71. The van der Waals surface area contributed by atoms with Gasteiger partial charge in [0, 0.05) is 19.9 Å². The molecule has 0 atom stereocenters. The minimum Gasteiger partial charge on any atom is -0.384 e. The fraction of sp³-hybridized carbons (Fsp3) is 0.500. The predicted molar refractivity (Wildman–Crippen MR) is 101 cm³/mol. The van der Waals surface area contributed by atoms with Crippen LogP contribution in [0, 0.1) is 0 Å². The fourth-order valence-corrected chi connectivity index (χ4v) is 2.31. The van der Waals surface area contributed by atoms with Gasteiger partial charge in [-0.25, -0.2) is 5.84 Å². The fourth-order valence-electron chi connectivity index (χ4n) is 2.31. The molecule has 7 N–H and O–H groups in total. The number of nitrogens with two attached hydrogens (primary N) is 2. The normalized spacial score (nSPS) is 11.7. The van der Waals surface area contributed by atoms with Crippen molar-refractivity contribution in [1.82, 2.24) is 20.0 Å². The summed E-state index contributed by atoms with van der Waals surface area (Å²) >= 11 is 0. The average Bonchev–Trinajstić information content (AvgIpc) is 3.05. The lowest BCUT2D eigenvalue weighted by molar-refractivity contribution is 0.169. The van der Waals surface area contributed by atoms with Gasteiger partial charge in [0.05, 0.1) is 24.7 Å². The number of fused-ring (bicyclic) bond motifs is 1. The average molecular weight is 348 g/mol. The number of aromatic amines is 1. The highest BCUT2D eigenvalue weighted by Gasteiger charge is 2.09. The number of nitrogens with one attached hydrogen (secondary N) is 3. The number of H-pyrrole nitrogens is 1. The number of nitrogens with zero attached hydrogens (tertiary/aromatic N) is 3. The van der Waals surface area contributed by atoms with Crippen molar-refractivity contribution in [2.24, 2.45) is 11.6 Å². The molecule has 2 heterocycles. The first-order valence-electron chi connectivity index (χ1n) is 8.47. The first kappa shape index (κ1) is 18.8. The van der Waals surface area contributed by atoms with Gasteiger partial charge in [0.25, 0.3) is 0 Å². The van der Waals surface area contributed by atoms with Crippen molar-refractivity contribution in [2.45, 2.75) is 26.2 Å². The van der Waals surface area contributed by atoms with Crippen LogP contribution >= 0.6 is 0 Å². The van der Waals surface area contributed by atoms with Gasteiger partial charge in [-0.1, -0.05) is 19.8 Å². The van der Waals surface area contributed by atoms with Crippen molar-refractivity contribution in [3.8, 4) is 0 Å². The summed E-state index contributed by atoms with van der Waals surface area (Å²) in [5.74, 6) is 7.34. The highest BCUT2D eigenvalue weighted by molar-refractivity contribution is 5.88. The number of ether oxygens (including phenoxy) is 1. The number of unbranched alkanes of at least 4 members (excludes halogenated alkanes) is 2. The van der Waals surface area contributed by atoms with Crippen LogP contribution in [-0.2, 0) is 4.74 Å². The number of aromatic nitrogens is 3. The molecule has 0 saturated carbocycles. The summed E-state index contributed by atoms with van der Waals surface area (Å²) in [6.45, 7) is 4.08. The molecule has 0 spiro atoms. The Bertz CT molecular complexity index is 684. The van der Waals surface area contributed by atoms with Crippen molar-refractivity contribution in [3.63, 3.8) is 0 Å². The lowest BCUT2D eigenvalue weighted by Crippen LogP contribution is -2.31. The molecule has 138 valence electrons. The molecule has 0 unspecified atom stereocenters. The number of methoxy groups -OCH3 is 1. The molecule has 2 rings (SSSR count). The van der Waals surface area contributed by atoms with Crippen LogP contribution in [0.5, 0.6) is 0 Å². The number of hydrazine groups is 1. The molecular formula is C16H28N8O. The molecule has 0 amide bonds. The third-order valence-electron chi connectivity index (χ3n) is 3.60. The summed E-state index contributed by atoms with van der Waals surface area (Å²) in [6.07, 6.45) is 6.88. The third kappa shape index (κ3) is 5.80. The van der Waals surface area contributed by atoms with Crippen LogP contribution in [-0.4, -0.2) is 46.8 Å². The number of hydrogen-bond acceptors (Lipinski definition) is 8. The molecule has 0 aromatic carbocycles. The molecule has 0 aliphatic carbocycles. The Hall–Kier alpha value is -2.52. The van der Waals surface area contributed by atoms with E-state index in [9.17, 15) is 0 Å². The van der Waals surface area contributed by atoms with E-state index in [0.29, 0.717) is 24.9 Å². The molecule has 25 heavy (non-hydrogen) atoms. The second-order valence-electron chi connectivity index (χ2n) is 5.71. The highest BCUT2D eigenvalue weighted by atomic mass is 16.5. The smallest absolute Gasteiger partial charge is 0.232 e. The largest absolute Gasteiger partial charge is 0.384 e. The molecule has 0 saturated heterocycles. The summed E-state index contributed by atoms with van der Waals surface area (Å²) in [6, 6.07) is 1.95. The Labute approximate surface area is 147 Å². The van der Waals surface area contributed by atoms with Gasteiger partial charge in [-0.05, 0) is 12.5 Å². The summed E-state index contributed by atoms with van der Waals surface area (Å²) in [7, 11) is 1.62. The van der Waals surface area contributed by atoms with Crippen LogP contribution in [0.15, 0.2) is 24.3 Å². The molecule has 2 aromatic rings. The second-order valence-corrected chi connectivity index (χ2v) is 5.71. The van der Waals surface area contributed by atoms with Crippen molar-refractivity contribution in [2.75, 3.05) is 37.4 Å². The van der Waals surface area contributed by atoms with Crippen LogP contribution in [0.4, 0.5) is 11.8 Å². The van der Waals surface area contributed by atoms with Gasteiger partial charge in [0.15, 0.2) is 0 Å². The van der Waals surface area contributed by atoms with Crippen LogP contribution < -0.4 is 22.2 Å². The minimum absolute atomic E-state index is 0.349. The van der Waals surface area contributed by atoms with E-state index in [-0.39, 0.29) is 0 Å². The zero-order valence-corrected chi connectivity index (χ0v) is 14.9. The molecule has 9 heteroatoms. The minimum atomic E-state index is 0.349. The topological polar surface area (TPSA) is 130 Å². The molecule has 0 bridgehead atoms. The van der Waals surface area contributed by atoms with E-state index in [1.54, 1.807) is 13.3 Å². The van der Waals surface area contributed by atoms with Crippen molar-refractivity contribution < 1.29 is 4.74 Å². The van der Waals surface area contributed by atoms with E-state index in [1.807, 2.05) is 12.3 Å². The maximum atomic E-state index is 5.96. The van der Waals surface area contributed by atoms with Gasteiger partial charge < -0.3 is 31.1 Å². The molecule has 0 fully saturated rings. The highest BCUT2D eigenvalue weighted by Crippen LogP contribution is 2.21. The first-order chi connectivity index (χ1) is 12.1. The Kier molecular flexibility index (Phi) is 7.30. The van der Waals surface area contributed by atoms with Crippen molar-refractivity contribution in [1.29, 1.82) is 0 Å². The van der Waals surface area contributed by atoms with E-state index < -0.39 is 0 Å². The van der Waals surface area contributed by atoms with Gasteiger partial charge in [-0.3, -0.25) is 0 Å². The van der Waals surface area contributed by atoms with E-state index in [1.165, 1.54) is 17.9 Å². The number of rotatable bonds is 11. The van der Waals surface area contributed by atoms with Crippen LogP contribution in [0.1, 0.15) is 26.2 Å². The van der Waals surface area contributed by atoms with E-state index in [2.05, 4.69) is 32.5 Å². The Balaban J connectivity index is 2.08. The van der Waals surface area contributed by atoms with Crippen LogP contribution in [0.2, 0.25) is 0 Å². The molecule has 0 radical (unpaired) electrons. The maximum Gasteiger partial charge on any atom is 0.232 e. The molecule has 2 aromatic heterocycles. The second kappa shape index (κ2) is 9.70. The van der Waals surface area contributed by atoms with E-state index in [4.69, 9.17) is 16.3 Å². The van der Waals surface area contributed by atoms with Gasteiger partial charge in [0.2, 0.25) is 5.95 Å². The predicted octanol–water partition coefficient (Wildman–Crippen LogP) is 1.55. The summed E-state index contributed by atoms with van der Waals surface area (Å²) < 4.78 is 4.97. The summed E-state index contributed by atoms with van der Waals surface area (Å²) in [5, 5.41) is 8.73. The Morgan fingerprint density at radius 3 is 3.00 bits per heavy atom. The van der Waals surface area contributed by atoms with Gasteiger partial charge in [-0.15, -0.1) is 0 Å². The van der Waals surface area contributed by atoms with Crippen molar-refractivity contribution >= 4 is 22.8 Å². The van der Waals surface area contributed by atoms with Crippen LogP contribution in [0.3, 0.4) is 0 Å². The van der Waals surface area contributed by atoms with Gasteiger partial charge >= 0.3 is 0 Å². The van der Waals surface area contributed by atoms with Gasteiger partial charge in [-0.2, -0.15) is 9.97 Å². The van der Waals surface area contributed by atoms with Gasteiger partial charge in [0.1, 0.15) is 17.3 Å². The zero-order valence-electron chi connectivity index (χ0n) is 14.9. The standard InChI is InChI=1S/C16H28N8O/c1-3-4-5-7-19-14-12-6-8-20-15(12)23-16(22-14)21-13(17)11-24(18)9-10-25-2/h6,8,11H,3-5,7,9-10,17-18H2,1-2H3,(H3,19,20,21,22,23)/b13-11+. The monoisotopic (exact) mass is 348 g/mol. The Morgan fingerprint density at radius 2 is 2.24 bits per heavy atom. The van der Waals surface area contributed by atoms with E-state index >= 15 is 0 Å². The molecule has 9 nitrogen and oxygen atoms in total. The SMILES string of the molecule is CCCCCNc1nc(N/C(N)=C/N(N)CCOC)nc2[nH]ccc12. The Morgan fingerprint density at radius 1 is 1.40 bits per heavy atom. The molecule has 0 aliphatic heterocycles. The molecular weight excluding hydrogens is 320 g/mol. The van der Waals surface area contributed by atoms with Crippen LogP contribution in [0.25, 0.3) is 11.0 Å². The first-order valence-corrected chi connectivity index (χ1v) is 8.47. The third-order valence-corrected chi connectivity index (χ3v) is 3.60. The van der Waals surface area contributed by atoms with Crippen molar-refractivity contribution in [3.05, 3.63) is 24.3 Å². The lowest BCUT2D eigenvalue weighted by Gasteiger charge is -2.15. The zero-order chi connectivity index (χ0) is 18.1. The maximum absolute atomic E-state index is 5.96. The number of hydrogen-bond donors (Lipinski definition) is 5. The van der Waals surface area contributed by atoms with E-state index in [0.717, 1.165) is 29.8 Å². The lowest BCUT2D eigenvalue weighted by atomic mass is 10.2. The summed E-state index contributed by atoms with van der Waals surface area (Å²) in [4.78, 5) is 12.0. The quantitative estimate of drug-likeness (QED) is 0.235.